The Kier molecular flexibility index (Phi) is 3.82. The molecule has 1 aliphatic heterocycles. The molecule has 0 fully saturated rings. The summed E-state index contributed by atoms with van der Waals surface area (Å²) < 4.78 is 0. The third kappa shape index (κ3) is 3.19. The zero-order chi connectivity index (χ0) is 14.7. The first-order valence-electron chi connectivity index (χ1n) is 7.24. The Morgan fingerprint density at radius 1 is 1.14 bits per heavy atom. The van der Waals surface area contributed by atoms with Gasteiger partial charge in [-0.25, -0.2) is 5.01 Å². The summed E-state index contributed by atoms with van der Waals surface area (Å²) in [6, 6.07) is 7.89. The minimum atomic E-state index is 0.0355. The highest BCUT2D eigenvalue weighted by Gasteiger charge is 2.22. The number of carbonyl (C=O) groups excluding carboxylic acids is 1. The van der Waals surface area contributed by atoms with Crippen LogP contribution in [0.5, 0.6) is 0 Å². The summed E-state index contributed by atoms with van der Waals surface area (Å²) in [5, 5.41) is 5.73. The fourth-order valence-corrected chi connectivity index (χ4v) is 2.43. The molecule has 1 aromatic carbocycles. The van der Waals surface area contributed by atoms with Gasteiger partial charge >= 0.3 is 0 Å². The van der Waals surface area contributed by atoms with Gasteiger partial charge in [-0.15, -0.1) is 0 Å². The van der Waals surface area contributed by atoms with Gasteiger partial charge in [-0.3, -0.25) is 4.79 Å². The van der Waals surface area contributed by atoms with Crippen LogP contribution in [0.1, 0.15) is 31.7 Å². The number of amides is 1. The van der Waals surface area contributed by atoms with Gasteiger partial charge < -0.3 is 0 Å². The number of nitrogens with zero attached hydrogens (tertiary/aromatic N) is 2. The minimum absolute atomic E-state index is 0.0355. The van der Waals surface area contributed by atoms with E-state index in [0.29, 0.717) is 6.42 Å². The van der Waals surface area contributed by atoms with Crippen molar-refractivity contribution >= 4 is 23.4 Å². The second kappa shape index (κ2) is 5.92. The summed E-state index contributed by atoms with van der Waals surface area (Å²) in [6.45, 7) is 1.88. The molecule has 3 nitrogen and oxygen atoms in total. The maximum atomic E-state index is 11.8. The molecule has 106 valence electrons. The number of hydrazone groups is 1. The molecule has 0 bridgehead atoms. The summed E-state index contributed by atoms with van der Waals surface area (Å²) in [4.78, 5) is 11.8. The lowest BCUT2D eigenvalue weighted by Gasteiger charge is -2.11. The Morgan fingerprint density at radius 3 is 2.57 bits per heavy atom. The Bertz CT molecular complexity index is 663. The van der Waals surface area contributed by atoms with Crippen molar-refractivity contribution in [2.45, 2.75) is 26.2 Å². The van der Waals surface area contributed by atoms with Crippen LogP contribution in [0.25, 0.3) is 6.08 Å². The average Bonchev–Trinajstić information content (AvgIpc) is 2.85. The van der Waals surface area contributed by atoms with Gasteiger partial charge in [0.1, 0.15) is 0 Å². The molecule has 21 heavy (non-hydrogen) atoms. The minimum Gasteiger partial charge on any atom is -0.272 e. The molecule has 0 unspecified atom stereocenters. The second-order valence-corrected chi connectivity index (χ2v) is 5.33. The lowest BCUT2D eigenvalue weighted by molar-refractivity contribution is -0.116. The Morgan fingerprint density at radius 2 is 1.95 bits per heavy atom. The summed E-state index contributed by atoms with van der Waals surface area (Å²) in [7, 11) is 0. The highest BCUT2D eigenvalue weighted by molar-refractivity contribution is 6.12. The highest BCUT2D eigenvalue weighted by Crippen LogP contribution is 2.21. The van der Waals surface area contributed by atoms with Gasteiger partial charge in [-0.05, 0) is 43.0 Å². The third-order valence-corrected chi connectivity index (χ3v) is 3.54. The monoisotopic (exact) mass is 278 g/mol. The van der Waals surface area contributed by atoms with E-state index in [1.807, 2.05) is 31.2 Å². The maximum Gasteiger partial charge on any atom is 0.253 e. The summed E-state index contributed by atoms with van der Waals surface area (Å²) in [5.41, 5.74) is 4.05. The van der Waals surface area contributed by atoms with Crippen molar-refractivity contribution in [2.75, 3.05) is 5.01 Å². The first-order valence-corrected chi connectivity index (χ1v) is 7.24. The molecule has 1 aromatic rings. The largest absolute Gasteiger partial charge is 0.272 e. The lowest BCUT2D eigenvalue weighted by Crippen LogP contribution is -2.19. The zero-order valence-corrected chi connectivity index (χ0v) is 12.1. The standard InChI is InChI=1S/C18H18N2O/c1-14-13-18(21)20(19-14)17-11-9-16(10-12-17)8-7-15-5-3-2-4-6-15/h3,5-12H,2,4,13H2,1H3/b8-7+. The van der Waals surface area contributed by atoms with E-state index in [4.69, 9.17) is 0 Å². The lowest BCUT2D eigenvalue weighted by atomic mass is 10.1. The first kappa shape index (κ1) is 13.6. The van der Waals surface area contributed by atoms with E-state index in [1.165, 1.54) is 10.6 Å². The van der Waals surface area contributed by atoms with Crippen molar-refractivity contribution in [1.29, 1.82) is 0 Å². The fourth-order valence-electron chi connectivity index (χ4n) is 2.43. The molecule has 2 aliphatic rings. The van der Waals surface area contributed by atoms with Gasteiger partial charge in [-0.2, -0.15) is 5.10 Å². The van der Waals surface area contributed by atoms with Gasteiger partial charge in [-0.1, -0.05) is 42.5 Å². The summed E-state index contributed by atoms with van der Waals surface area (Å²) in [5.74, 6) is 0.0355. The van der Waals surface area contributed by atoms with E-state index in [0.717, 1.165) is 29.8 Å². The van der Waals surface area contributed by atoms with E-state index in [-0.39, 0.29) is 5.91 Å². The fraction of sp³-hybridized carbons (Fsp3) is 0.222. The van der Waals surface area contributed by atoms with E-state index in [1.54, 1.807) is 0 Å². The van der Waals surface area contributed by atoms with Crippen molar-refractivity contribution in [3.8, 4) is 0 Å². The van der Waals surface area contributed by atoms with Crippen molar-refractivity contribution in [1.82, 2.24) is 0 Å². The van der Waals surface area contributed by atoms with Crippen LogP contribution in [0.2, 0.25) is 0 Å². The smallest absolute Gasteiger partial charge is 0.253 e. The van der Waals surface area contributed by atoms with Crippen molar-refractivity contribution < 1.29 is 4.79 Å². The van der Waals surface area contributed by atoms with E-state index in [9.17, 15) is 4.79 Å². The van der Waals surface area contributed by atoms with Crippen LogP contribution < -0.4 is 5.01 Å². The van der Waals surface area contributed by atoms with Gasteiger partial charge in [0.2, 0.25) is 0 Å². The molecule has 3 heteroatoms. The van der Waals surface area contributed by atoms with Crippen molar-refractivity contribution in [3.63, 3.8) is 0 Å². The number of rotatable bonds is 3. The van der Waals surface area contributed by atoms with Crippen molar-refractivity contribution in [3.05, 3.63) is 59.7 Å². The molecular formula is C18H18N2O. The summed E-state index contributed by atoms with van der Waals surface area (Å²) >= 11 is 0. The van der Waals surface area contributed by atoms with Crippen LogP contribution in [-0.2, 0) is 4.79 Å². The molecule has 1 aliphatic carbocycles. The number of carbonyl (C=O) groups is 1. The predicted octanol–water partition coefficient (Wildman–Crippen LogP) is 4.09. The Labute approximate surface area is 125 Å². The van der Waals surface area contributed by atoms with Crippen LogP contribution in [-0.4, -0.2) is 11.6 Å². The summed E-state index contributed by atoms with van der Waals surface area (Å²) in [6.07, 6.45) is 13.5. The van der Waals surface area contributed by atoms with Gasteiger partial charge in [0, 0.05) is 5.71 Å². The molecule has 0 aromatic heterocycles. The molecule has 3 rings (SSSR count). The predicted molar refractivity (Wildman–Crippen MR) is 87.1 cm³/mol. The quantitative estimate of drug-likeness (QED) is 0.819. The number of allylic oxidation sites excluding steroid dienone is 5. The number of benzene rings is 1. The molecule has 0 spiro atoms. The molecule has 1 amide bonds. The molecular weight excluding hydrogens is 260 g/mol. The highest BCUT2D eigenvalue weighted by atomic mass is 16.2. The number of hydrogen-bond donors (Lipinski definition) is 0. The second-order valence-electron chi connectivity index (χ2n) is 5.33. The molecule has 0 atom stereocenters. The third-order valence-electron chi connectivity index (χ3n) is 3.54. The van der Waals surface area contributed by atoms with E-state index >= 15 is 0 Å². The maximum absolute atomic E-state index is 11.8. The normalized spacial score (nSPS) is 18.3. The van der Waals surface area contributed by atoms with Crippen LogP contribution in [0.3, 0.4) is 0 Å². The van der Waals surface area contributed by atoms with Gasteiger partial charge in [0.25, 0.3) is 5.91 Å². The van der Waals surface area contributed by atoms with Crippen LogP contribution in [0.4, 0.5) is 5.69 Å². The molecule has 0 saturated heterocycles. The van der Waals surface area contributed by atoms with E-state index in [2.05, 4.69) is 35.5 Å². The number of hydrogen-bond acceptors (Lipinski definition) is 2. The molecule has 0 saturated carbocycles. The Balaban J connectivity index is 1.72. The Hall–Kier alpha value is -2.42. The van der Waals surface area contributed by atoms with Crippen LogP contribution in [0.15, 0.2) is 59.2 Å². The number of anilines is 1. The van der Waals surface area contributed by atoms with Gasteiger partial charge in [0.15, 0.2) is 0 Å². The van der Waals surface area contributed by atoms with Crippen LogP contribution >= 0.6 is 0 Å². The topological polar surface area (TPSA) is 32.7 Å². The molecule has 1 heterocycles. The average molecular weight is 278 g/mol. The van der Waals surface area contributed by atoms with E-state index < -0.39 is 0 Å². The van der Waals surface area contributed by atoms with Crippen molar-refractivity contribution in [2.24, 2.45) is 5.10 Å². The first-order chi connectivity index (χ1) is 10.2. The molecule has 0 radical (unpaired) electrons. The van der Waals surface area contributed by atoms with Crippen LogP contribution in [0, 0.1) is 0 Å². The SMILES string of the molecule is CC1=NN(c2ccc(/C=C/C3=CCCC=C3)cc2)C(=O)C1. The zero-order valence-electron chi connectivity index (χ0n) is 12.1. The van der Waals surface area contributed by atoms with Gasteiger partial charge in [0.05, 0.1) is 12.1 Å². The molecule has 0 N–H and O–H groups in total.